The van der Waals surface area contributed by atoms with Gasteiger partial charge in [0.2, 0.25) is 0 Å². The molecule has 35 heavy (non-hydrogen) atoms. The molecule has 0 aliphatic heterocycles. The van der Waals surface area contributed by atoms with Gasteiger partial charge in [0, 0.05) is 12.8 Å². The number of aliphatic hydroxyl groups excluding tert-OH is 2. The molecule has 0 spiro atoms. The van der Waals surface area contributed by atoms with E-state index in [1.54, 1.807) is 6.92 Å². The number of allylic oxidation sites excluding steroid dienone is 3. The zero-order valence-electron chi connectivity index (χ0n) is 20.4. The van der Waals surface area contributed by atoms with Crippen molar-refractivity contribution in [2.45, 2.75) is 90.0 Å². The molecule has 9 heteroatoms. The van der Waals surface area contributed by atoms with Crippen LogP contribution in [0, 0.1) is 34.5 Å². The van der Waals surface area contributed by atoms with Crippen LogP contribution in [0.3, 0.4) is 0 Å². The standard InChI is InChI=1S/C26H34F6O3/c1-16(8-7-12-24(35,25(27,28)29)26(30,31)32)23(5)13-11-19(22(23,3)4)10-6-9-18-14-20(33)15-21(34)17(18)2/h6,9-10,16,19-21,33-35H,2,8,11,13-15H2,1,3-5H3/b10-6+,18-9+/t16-,19+,20+,21-,23+/m0/s1. The summed E-state index contributed by atoms with van der Waals surface area (Å²) < 4.78 is 77.3. The molecule has 3 N–H and O–H groups in total. The maximum absolute atomic E-state index is 12.9. The second-order valence-corrected chi connectivity index (χ2v) is 10.6. The zero-order chi connectivity index (χ0) is 27.0. The Morgan fingerprint density at radius 1 is 1.11 bits per heavy atom. The molecule has 0 radical (unpaired) electrons. The molecule has 3 nitrogen and oxygen atoms in total. The lowest BCUT2D eigenvalue weighted by atomic mass is 9.59. The second-order valence-electron chi connectivity index (χ2n) is 10.6. The number of hydrogen-bond donors (Lipinski definition) is 3. The van der Waals surface area contributed by atoms with E-state index in [9.17, 15) is 41.7 Å². The first-order chi connectivity index (χ1) is 15.8. The van der Waals surface area contributed by atoms with Crippen molar-refractivity contribution in [2.75, 3.05) is 0 Å². The van der Waals surface area contributed by atoms with Crippen LogP contribution >= 0.6 is 0 Å². The molecule has 2 fully saturated rings. The van der Waals surface area contributed by atoms with Gasteiger partial charge >= 0.3 is 18.0 Å². The molecular weight excluding hydrogens is 474 g/mol. The summed E-state index contributed by atoms with van der Waals surface area (Å²) in [7, 11) is 0. The lowest BCUT2D eigenvalue weighted by Crippen LogP contribution is -2.55. The highest BCUT2D eigenvalue weighted by Crippen LogP contribution is 2.60. The Morgan fingerprint density at radius 2 is 1.69 bits per heavy atom. The fraction of sp³-hybridized carbons (Fsp3) is 0.692. The molecule has 0 amide bonds. The first kappa shape index (κ1) is 29.5. The van der Waals surface area contributed by atoms with Crippen LogP contribution in [-0.2, 0) is 0 Å². The van der Waals surface area contributed by atoms with Crippen molar-refractivity contribution >= 4 is 0 Å². The zero-order valence-corrected chi connectivity index (χ0v) is 20.4. The summed E-state index contributed by atoms with van der Waals surface area (Å²) in [6, 6.07) is 0. The van der Waals surface area contributed by atoms with Crippen LogP contribution in [-0.4, -0.2) is 45.5 Å². The summed E-state index contributed by atoms with van der Waals surface area (Å²) in [6.45, 7) is 11.6. The highest BCUT2D eigenvalue weighted by Gasteiger charge is 2.70. The van der Waals surface area contributed by atoms with E-state index in [4.69, 9.17) is 0 Å². The summed E-state index contributed by atoms with van der Waals surface area (Å²) in [6.07, 6.45) is -5.82. The fourth-order valence-corrected chi connectivity index (χ4v) is 5.20. The summed E-state index contributed by atoms with van der Waals surface area (Å²) in [4.78, 5) is 0. The number of alkyl halides is 6. The fourth-order valence-electron chi connectivity index (χ4n) is 5.20. The molecule has 0 unspecified atom stereocenters. The topological polar surface area (TPSA) is 60.7 Å². The third-order valence-electron chi connectivity index (χ3n) is 8.37. The summed E-state index contributed by atoms with van der Waals surface area (Å²) in [5, 5.41) is 29.1. The molecule has 2 aliphatic rings. The van der Waals surface area contributed by atoms with Gasteiger partial charge in [0.1, 0.15) is 0 Å². The minimum Gasteiger partial charge on any atom is -0.393 e. The molecule has 0 heterocycles. The van der Waals surface area contributed by atoms with E-state index in [0.717, 1.165) is 17.9 Å². The van der Waals surface area contributed by atoms with Crippen LogP contribution in [0.25, 0.3) is 0 Å². The summed E-state index contributed by atoms with van der Waals surface area (Å²) >= 11 is 0. The molecule has 0 bridgehead atoms. The molecule has 2 aliphatic carbocycles. The van der Waals surface area contributed by atoms with Gasteiger partial charge in [-0.1, -0.05) is 58.4 Å². The Hall–Kier alpha value is -1.76. The van der Waals surface area contributed by atoms with Crippen LogP contribution in [0.5, 0.6) is 0 Å². The van der Waals surface area contributed by atoms with Crippen LogP contribution in [0.1, 0.15) is 59.8 Å². The largest absolute Gasteiger partial charge is 0.438 e. The van der Waals surface area contributed by atoms with Crippen LogP contribution in [0.4, 0.5) is 26.3 Å². The van der Waals surface area contributed by atoms with Gasteiger partial charge in [0.25, 0.3) is 0 Å². The Kier molecular flexibility index (Phi) is 8.38. The Bertz CT molecular complexity index is 904. The number of halogens is 6. The predicted molar refractivity (Wildman–Crippen MR) is 121 cm³/mol. The predicted octanol–water partition coefficient (Wildman–Crippen LogP) is 5.87. The molecule has 2 rings (SSSR count). The molecule has 198 valence electrons. The van der Waals surface area contributed by atoms with Crippen molar-refractivity contribution in [3.8, 4) is 11.8 Å². The van der Waals surface area contributed by atoms with E-state index in [-0.39, 0.29) is 30.1 Å². The van der Waals surface area contributed by atoms with E-state index in [1.165, 1.54) is 0 Å². The first-order valence-corrected chi connectivity index (χ1v) is 11.6. The number of aliphatic hydroxyl groups is 3. The highest BCUT2D eigenvalue weighted by atomic mass is 19.4. The molecule has 0 saturated heterocycles. The Labute approximate surface area is 202 Å². The van der Waals surface area contributed by atoms with Gasteiger partial charge in [0.15, 0.2) is 0 Å². The third kappa shape index (κ3) is 5.65. The van der Waals surface area contributed by atoms with Gasteiger partial charge in [-0.2, -0.15) is 26.3 Å². The van der Waals surface area contributed by atoms with Gasteiger partial charge in [-0.25, -0.2) is 0 Å². The molecule has 0 aromatic heterocycles. The third-order valence-corrected chi connectivity index (χ3v) is 8.37. The van der Waals surface area contributed by atoms with Crippen molar-refractivity contribution in [1.82, 2.24) is 0 Å². The van der Waals surface area contributed by atoms with Crippen molar-refractivity contribution in [3.05, 3.63) is 36.0 Å². The van der Waals surface area contributed by atoms with Crippen molar-refractivity contribution in [2.24, 2.45) is 22.7 Å². The quantitative estimate of drug-likeness (QED) is 0.329. The molecule has 0 aromatic rings. The van der Waals surface area contributed by atoms with E-state index in [1.807, 2.05) is 44.9 Å². The molecule has 2 saturated carbocycles. The maximum atomic E-state index is 12.9. The van der Waals surface area contributed by atoms with Crippen molar-refractivity contribution in [3.63, 3.8) is 0 Å². The van der Waals surface area contributed by atoms with Crippen molar-refractivity contribution < 1.29 is 41.7 Å². The van der Waals surface area contributed by atoms with Gasteiger partial charge in [-0.15, -0.1) is 0 Å². The number of rotatable bonds is 4. The lowest BCUT2D eigenvalue weighted by molar-refractivity contribution is -0.343. The van der Waals surface area contributed by atoms with E-state index < -0.39 is 35.6 Å². The SMILES string of the molecule is C=C1/C(=C/C=C/[C@@H]2CC[C@](C)([C@@H](C)CC#CC(O)(C(F)(F)F)C(F)(F)F)C2(C)C)C[C@@H](O)C[C@@H]1O. The molecule has 5 atom stereocenters. The highest BCUT2D eigenvalue weighted by molar-refractivity contribution is 5.37. The average Bonchev–Trinajstić information content (AvgIpc) is 2.93. The van der Waals surface area contributed by atoms with Gasteiger partial charge in [-0.05, 0) is 59.0 Å². The summed E-state index contributed by atoms with van der Waals surface area (Å²) in [5.41, 5.74) is -4.51. The van der Waals surface area contributed by atoms with Crippen LogP contribution < -0.4 is 0 Å². The van der Waals surface area contributed by atoms with Gasteiger partial charge in [0.05, 0.1) is 12.2 Å². The Morgan fingerprint density at radius 3 is 2.23 bits per heavy atom. The summed E-state index contributed by atoms with van der Waals surface area (Å²) in [5.74, 6) is 2.76. The van der Waals surface area contributed by atoms with Gasteiger partial charge in [-0.3, -0.25) is 0 Å². The van der Waals surface area contributed by atoms with E-state index in [2.05, 4.69) is 6.58 Å². The first-order valence-electron chi connectivity index (χ1n) is 11.6. The van der Waals surface area contributed by atoms with Crippen LogP contribution in [0.2, 0.25) is 0 Å². The molecule has 0 aromatic carbocycles. The van der Waals surface area contributed by atoms with E-state index >= 15 is 0 Å². The maximum Gasteiger partial charge on any atom is 0.438 e. The average molecular weight is 509 g/mol. The number of hydrogen-bond acceptors (Lipinski definition) is 3. The second kappa shape index (κ2) is 9.95. The van der Waals surface area contributed by atoms with Gasteiger partial charge < -0.3 is 15.3 Å². The minimum atomic E-state index is -5.96. The monoisotopic (exact) mass is 508 g/mol. The van der Waals surface area contributed by atoms with Crippen LogP contribution in [0.15, 0.2) is 36.0 Å². The van der Waals surface area contributed by atoms with E-state index in [0.29, 0.717) is 18.4 Å². The van der Waals surface area contributed by atoms with Crippen molar-refractivity contribution in [1.29, 1.82) is 0 Å². The Balaban J connectivity index is 2.18. The lowest BCUT2D eigenvalue weighted by Gasteiger charge is -2.45. The normalized spacial score (nSPS) is 32.1. The smallest absolute Gasteiger partial charge is 0.393 e. The minimum absolute atomic E-state index is 0.0775. The molecular formula is C26H34F6O3.